The number of hydrogen-bond acceptors (Lipinski definition) is 4. The van der Waals surface area contributed by atoms with Gasteiger partial charge in [-0.05, 0) is 24.1 Å². The van der Waals surface area contributed by atoms with Gasteiger partial charge in [0.15, 0.2) is 5.60 Å². The molecule has 0 aliphatic heterocycles. The lowest BCUT2D eigenvalue weighted by atomic mass is 9.88. The zero-order valence-electron chi connectivity index (χ0n) is 14.1. The van der Waals surface area contributed by atoms with Gasteiger partial charge >= 0.3 is 6.18 Å². The Morgan fingerprint density at radius 3 is 2.04 bits per heavy atom. The second-order valence-electron chi connectivity index (χ2n) is 6.85. The highest BCUT2D eigenvalue weighted by Crippen LogP contribution is 2.42. The third kappa shape index (κ3) is 3.45. The molecule has 1 N–H and O–H groups in total. The average Bonchev–Trinajstić information content (AvgIpc) is 2.96. The van der Waals surface area contributed by atoms with Crippen LogP contribution in [0.2, 0.25) is 0 Å². The van der Waals surface area contributed by atoms with Crippen LogP contribution in [0.25, 0.3) is 11.5 Å². The summed E-state index contributed by atoms with van der Waals surface area (Å²) in [5, 5.41) is 18.0. The van der Waals surface area contributed by atoms with Crippen LogP contribution in [0.3, 0.4) is 0 Å². The molecule has 0 saturated carbocycles. The van der Waals surface area contributed by atoms with Crippen LogP contribution >= 0.6 is 0 Å². The molecule has 1 aromatic carbocycles. The normalized spacial score (nSPS) is 15.3. The minimum absolute atomic E-state index is 0.198. The highest BCUT2D eigenvalue weighted by atomic mass is 19.4. The zero-order valence-corrected chi connectivity index (χ0v) is 14.1. The molecule has 2 aromatic rings. The van der Waals surface area contributed by atoms with Crippen molar-refractivity contribution in [3.05, 3.63) is 35.7 Å². The Morgan fingerprint density at radius 2 is 1.62 bits per heavy atom. The van der Waals surface area contributed by atoms with Crippen LogP contribution in [-0.2, 0) is 11.0 Å². The molecule has 2 rings (SSSR count). The molecule has 4 nitrogen and oxygen atoms in total. The van der Waals surface area contributed by atoms with Crippen molar-refractivity contribution in [1.29, 1.82) is 0 Å². The molecule has 0 saturated heterocycles. The van der Waals surface area contributed by atoms with Crippen molar-refractivity contribution in [3.63, 3.8) is 0 Å². The van der Waals surface area contributed by atoms with E-state index in [1.54, 1.807) is 6.92 Å². The number of rotatable bonds is 4. The minimum atomic E-state index is -4.74. The van der Waals surface area contributed by atoms with Crippen LogP contribution in [0.1, 0.15) is 52.0 Å². The summed E-state index contributed by atoms with van der Waals surface area (Å²) in [5.74, 6) is 0.678. The molecule has 1 unspecified atom stereocenters. The van der Waals surface area contributed by atoms with E-state index in [2.05, 4.69) is 10.2 Å². The summed E-state index contributed by atoms with van der Waals surface area (Å²) in [7, 11) is 0. The summed E-state index contributed by atoms with van der Waals surface area (Å²) in [6.45, 7) is 7.35. The zero-order chi connectivity index (χ0) is 18.2. The Balaban J connectivity index is 2.35. The van der Waals surface area contributed by atoms with E-state index in [1.807, 2.05) is 20.8 Å². The Morgan fingerprint density at radius 1 is 1.04 bits per heavy atom. The number of halogens is 3. The molecule has 24 heavy (non-hydrogen) atoms. The number of aliphatic hydroxyl groups is 1. The summed E-state index contributed by atoms with van der Waals surface area (Å²) in [5.41, 5.74) is -2.87. The van der Waals surface area contributed by atoms with Crippen LogP contribution in [-0.4, -0.2) is 21.5 Å². The van der Waals surface area contributed by atoms with Crippen LogP contribution in [0, 0.1) is 0 Å². The molecule has 1 atom stereocenters. The van der Waals surface area contributed by atoms with E-state index in [0.29, 0.717) is 11.5 Å². The molecule has 0 radical (unpaired) electrons. The molecule has 132 valence electrons. The van der Waals surface area contributed by atoms with Gasteiger partial charge in [0.2, 0.25) is 11.8 Å². The topological polar surface area (TPSA) is 59.2 Å². The van der Waals surface area contributed by atoms with Crippen LogP contribution < -0.4 is 0 Å². The van der Waals surface area contributed by atoms with Crippen molar-refractivity contribution in [3.8, 4) is 11.5 Å². The molecule has 0 bridgehead atoms. The van der Waals surface area contributed by atoms with E-state index in [-0.39, 0.29) is 23.3 Å². The van der Waals surface area contributed by atoms with Gasteiger partial charge in [-0.1, -0.05) is 46.2 Å². The van der Waals surface area contributed by atoms with E-state index < -0.39 is 18.2 Å². The maximum absolute atomic E-state index is 13.2. The van der Waals surface area contributed by atoms with E-state index in [0.717, 1.165) is 0 Å². The summed E-state index contributed by atoms with van der Waals surface area (Å²) in [6.07, 6.45) is -4.94. The molecule has 0 amide bonds. The smallest absolute Gasteiger partial charge is 0.420 e. The molecule has 0 fully saturated rings. The van der Waals surface area contributed by atoms with Crippen molar-refractivity contribution < 1.29 is 22.7 Å². The lowest BCUT2D eigenvalue weighted by Crippen LogP contribution is -2.42. The summed E-state index contributed by atoms with van der Waals surface area (Å²) in [4.78, 5) is 0. The Kier molecular flexibility index (Phi) is 4.77. The van der Waals surface area contributed by atoms with Gasteiger partial charge in [-0.15, -0.1) is 10.2 Å². The third-order valence-corrected chi connectivity index (χ3v) is 3.76. The molecule has 0 aliphatic rings. The van der Waals surface area contributed by atoms with E-state index in [9.17, 15) is 18.3 Å². The van der Waals surface area contributed by atoms with Gasteiger partial charge in [0.25, 0.3) is 0 Å². The van der Waals surface area contributed by atoms with Gasteiger partial charge in [-0.2, -0.15) is 13.2 Å². The highest BCUT2D eigenvalue weighted by molar-refractivity contribution is 5.53. The first-order valence-corrected chi connectivity index (χ1v) is 7.73. The van der Waals surface area contributed by atoms with E-state index in [1.165, 1.54) is 24.3 Å². The first-order chi connectivity index (χ1) is 11.0. The minimum Gasteiger partial charge on any atom is -0.420 e. The largest absolute Gasteiger partial charge is 0.421 e. The Bertz CT molecular complexity index is 687. The second kappa shape index (κ2) is 6.20. The Hall–Kier alpha value is -1.89. The Labute approximate surface area is 138 Å². The molecular formula is C17H21F3N2O2. The van der Waals surface area contributed by atoms with Gasteiger partial charge in [0.1, 0.15) is 0 Å². The number of hydrogen-bond donors (Lipinski definition) is 1. The SMILES string of the molecule is CCCC(O)(c1ccc(-c2nnc(C(C)(C)C)o2)cc1)C(F)(F)F. The third-order valence-electron chi connectivity index (χ3n) is 3.76. The first kappa shape index (κ1) is 18.4. The number of aromatic nitrogens is 2. The fourth-order valence-electron chi connectivity index (χ4n) is 2.34. The molecule has 1 heterocycles. The molecule has 0 spiro atoms. The monoisotopic (exact) mass is 342 g/mol. The standard InChI is InChI=1S/C17H21F3N2O2/c1-5-10-16(23,17(18,19)20)12-8-6-11(7-9-12)13-21-22-14(24-13)15(2,3)4/h6-9,23H,5,10H2,1-4H3. The fraction of sp³-hybridized carbons (Fsp3) is 0.529. The molecular weight excluding hydrogens is 321 g/mol. The van der Waals surface area contributed by atoms with Crippen molar-refractivity contribution in [2.75, 3.05) is 0 Å². The van der Waals surface area contributed by atoms with E-state index >= 15 is 0 Å². The van der Waals surface area contributed by atoms with Gasteiger partial charge < -0.3 is 9.52 Å². The van der Waals surface area contributed by atoms with Gasteiger partial charge in [-0.3, -0.25) is 0 Å². The highest BCUT2D eigenvalue weighted by Gasteiger charge is 2.54. The number of alkyl halides is 3. The quantitative estimate of drug-likeness (QED) is 0.883. The van der Waals surface area contributed by atoms with Gasteiger partial charge in [0, 0.05) is 11.0 Å². The lowest BCUT2D eigenvalue weighted by molar-refractivity contribution is -0.269. The van der Waals surface area contributed by atoms with Crippen molar-refractivity contribution in [2.45, 2.75) is 57.7 Å². The second-order valence-corrected chi connectivity index (χ2v) is 6.85. The number of benzene rings is 1. The molecule has 0 aliphatic carbocycles. The summed E-state index contributed by atoms with van der Waals surface area (Å²) in [6, 6.07) is 5.39. The van der Waals surface area contributed by atoms with Crippen molar-refractivity contribution in [2.24, 2.45) is 0 Å². The molecule has 1 aromatic heterocycles. The number of nitrogens with zero attached hydrogens (tertiary/aromatic N) is 2. The van der Waals surface area contributed by atoms with E-state index in [4.69, 9.17) is 4.42 Å². The summed E-state index contributed by atoms with van der Waals surface area (Å²) >= 11 is 0. The predicted molar refractivity (Wildman–Crippen MR) is 83.3 cm³/mol. The maximum atomic E-state index is 13.2. The van der Waals surface area contributed by atoms with Crippen molar-refractivity contribution >= 4 is 0 Å². The average molecular weight is 342 g/mol. The van der Waals surface area contributed by atoms with Crippen molar-refractivity contribution in [1.82, 2.24) is 10.2 Å². The predicted octanol–water partition coefficient (Wildman–Crippen LogP) is 4.58. The van der Waals surface area contributed by atoms with Gasteiger partial charge in [0.05, 0.1) is 0 Å². The molecule has 7 heteroatoms. The van der Waals surface area contributed by atoms with Crippen LogP contribution in [0.4, 0.5) is 13.2 Å². The summed E-state index contributed by atoms with van der Waals surface area (Å²) < 4.78 is 45.3. The first-order valence-electron chi connectivity index (χ1n) is 7.73. The van der Waals surface area contributed by atoms with Crippen LogP contribution in [0.15, 0.2) is 28.7 Å². The lowest BCUT2D eigenvalue weighted by Gasteiger charge is -2.30. The maximum Gasteiger partial charge on any atom is 0.421 e. The fourth-order valence-corrected chi connectivity index (χ4v) is 2.34. The van der Waals surface area contributed by atoms with Crippen LogP contribution in [0.5, 0.6) is 0 Å². The van der Waals surface area contributed by atoms with Gasteiger partial charge in [-0.25, -0.2) is 0 Å².